The first kappa shape index (κ1) is 14.8. The first-order valence-electron chi connectivity index (χ1n) is 7.18. The quantitative estimate of drug-likeness (QED) is 0.787. The molecule has 2 aliphatic rings. The number of aromatic nitrogens is 4. The zero-order valence-corrected chi connectivity index (χ0v) is 12.6. The van der Waals surface area contributed by atoms with E-state index >= 15 is 0 Å². The molecule has 2 heterocycles. The van der Waals surface area contributed by atoms with Crippen LogP contribution in [0.3, 0.4) is 0 Å². The molecule has 8 nitrogen and oxygen atoms in total. The fraction of sp³-hybridized carbons (Fsp3) is 0.909. The molecule has 1 atom stereocenters. The molecule has 10 heteroatoms. The minimum absolute atomic E-state index is 0.0147. The molecule has 1 N–H and O–H groups in total. The highest BCUT2D eigenvalue weighted by molar-refractivity contribution is 7.83. The van der Waals surface area contributed by atoms with Gasteiger partial charge in [0.1, 0.15) is 0 Å². The van der Waals surface area contributed by atoms with Gasteiger partial charge >= 0.3 is 10.4 Å². The van der Waals surface area contributed by atoms with E-state index in [1.165, 1.54) is 0 Å². The van der Waals surface area contributed by atoms with Crippen LogP contribution in [0.5, 0.6) is 0 Å². The summed E-state index contributed by atoms with van der Waals surface area (Å²) in [4.78, 5) is 0. The molecule has 0 spiro atoms. The van der Waals surface area contributed by atoms with E-state index in [2.05, 4.69) is 20.8 Å². The Hall–Kier alpha value is -1.13. The van der Waals surface area contributed by atoms with Gasteiger partial charge in [0.05, 0.1) is 12.1 Å². The Morgan fingerprint density at radius 1 is 1.29 bits per heavy atom. The third kappa shape index (κ3) is 3.38. The molecule has 0 bridgehead atoms. The van der Waals surface area contributed by atoms with E-state index in [9.17, 15) is 12.3 Å². The van der Waals surface area contributed by atoms with Crippen LogP contribution in [0, 0.1) is 0 Å². The second kappa shape index (κ2) is 5.58. The summed E-state index contributed by atoms with van der Waals surface area (Å²) in [5, 5.41) is 15.2. The van der Waals surface area contributed by atoms with Gasteiger partial charge in [-0.05, 0) is 43.0 Å². The van der Waals surface area contributed by atoms with Crippen LogP contribution >= 0.6 is 0 Å². The van der Waals surface area contributed by atoms with Crippen LogP contribution in [0.15, 0.2) is 0 Å². The number of piperidine rings is 1. The van der Waals surface area contributed by atoms with Crippen molar-refractivity contribution in [3.05, 3.63) is 5.82 Å². The second-order valence-corrected chi connectivity index (χ2v) is 7.06. The second-order valence-electron chi connectivity index (χ2n) is 5.72. The van der Waals surface area contributed by atoms with Crippen LogP contribution in [-0.4, -0.2) is 52.1 Å². The van der Waals surface area contributed by atoms with Gasteiger partial charge in [0.15, 0.2) is 5.82 Å². The first-order valence-corrected chi connectivity index (χ1v) is 8.52. The van der Waals surface area contributed by atoms with Gasteiger partial charge in [-0.15, -0.1) is 5.10 Å². The lowest BCUT2D eigenvalue weighted by Crippen LogP contribution is -2.44. The minimum Gasteiger partial charge on any atom is -0.305 e. The molecule has 1 aliphatic carbocycles. The Morgan fingerprint density at radius 3 is 2.52 bits per heavy atom. The lowest BCUT2D eigenvalue weighted by molar-refractivity contribution is 0.265. The van der Waals surface area contributed by atoms with Crippen molar-refractivity contribution in [2.75, 3.05) is 13.1 Å². The molecule has 118 valence electrons. The third-order valence-corrected chi connectivity index (χ3v) is 5.03. The van der Waals surface area contributed by atoms with Gasteiger partial charge in [0.25, 0.3) is 0 Å². The molecule has 2 fully saturated rings. The smallest absolute Gasteiger partial charge is 0.305 e. The van der Waals surface area contributed by atoms with E-state index < -0.39 is 10.4 Å². The van der Waals surface area contributed by atoms with Crippen molar-refractivity contribution in [1.82, 2.24) is 29.8 Å². The summed E-state index contributed by atoms with van der Waals surface area (Å²) in [5.74, 6) is 0.804. The zero-order valence-electron chi connectivity index (χ0n) is 11.8. The minimum atomic E-state index is -4.56. The lowest BCUT2D eigenvalue weighted by atomic mass is 10.1. The summed E-state index contributed by atoms with van der Waals surface area (Å²) >= 11 is 0. The number of halogens is 1. The Morgan fingerprint density at radius 2 is 1.95 bits per heavy atom. The average Bonchev–Trinajstić information content (AvgIpc) is 3.15. The lowest BCUT2D eigenvalue weighted by Gasteiger charge is -2.30. The molecule has 1 aromatic heterocycles. The predicted octanol–water partition coefficient (Wildman–Crippen LogP) is 0.337. The van der Waals surface area contributed by atoms with Gasteiger partial charge < -0.3 is 5.32 Å². The van der Waals surface area contributed by atoms with E-state index in [1.54, 1.807) is 0 Å². The van der Waals surface area contributed by atoms with Gasteiger partial charge in [-0.2, -0.15) is 12.7 Å². The van der Waals surface area contributed by atoms with Gasteiger partial charge in [-0.3, -0.25) is 0 Å². The Labute approximate surface area is 123 Å². The van der Waals surface area contributed by atoms with Crippen LogP contribution < -0.4 is 5.32 Å². The summed E-state index contributed by atoms with van der Waals surface area (Å²) in [6.45, 7) is 2.40. The van der Waals surface area contributed by atoms with Crippen molar-refractivity contribution in [3.63, 3.8) is 0 Å². The fourth-order valence-electron chi connectivity index (χ4n) is 2.73. The standard InChI is InChI=1S/C11H19FN6O2S/c1-8(11-14-15-16-18(11)10-2-3-10)13-9-4-6-17(7-5-9)21(12,19)20/h8-10,13H,2-7H2,1H3. The summed E-state index contributed by atoms with van der Waals surface area (Å²) in [7, 11) is -4.56. The van der Waals surface area contributed by atoms with E-state index in [1.807, 2.05) is 11.6 Å². The molecule has 1 saturated heterocycles. The van der Waals surface area contributed by atoms with Crippen LogP contribution in [0.25, 0.3) is 0 Å². The van der Waals surface area contributed by atoms with Crippen LogP contribution in [0.2, 0.25) is 0 Å². The molecule has 0 radical (unpaired) electrons. The van der Waals surface area contributed by atoms with E-state index in [0.29, 0.717) is 18.9 Å². The van der Waals surface area contributed by atoms with Crippen molar-refractivity contribution in [3.8, 4) is 0 Å². The summed E-state index contributed by atoms with van der Waals surface area (Å²) in [6, 6.07) is 0.541. The third-order valence-electron chi connectivity index (χ3n) is 4.05. The van der Waals surface area contributed by atoms with Crippen molar-refractivity contribution < 1.29 is 12.3 Å². The fourth-order valence-corrected chi connectivity index (χ4v) is 3.38. The molecule has 3 rings (SSSR count). The van der Waals surface area contributed by atoms with Crippen molar-refractivity contribution in [2.45, 2.75) is 50.7 Å². The highest BCUT2D eigenvalue weighted by atomic mass is 32.3. The number of hydrogen-bond donors (Lipinski definition) is 1. The number of hydrogen-bond acceptors (Lipinski definition) is 6. The monoisotopic (exact) mass is 318 g/mol. The van der Waals surface area contributed by atoms with Crippen molar-refractivity contribution >= 4 is 10.4 Å². The molecule has 0 amide bonds. The summed E-state index contributed by atoms with van der Waals surface area (Å²) < 4.78 is 37.3. The van der Waals surface area contributed by atoms with E-state index in [-0.39, 0.29) is 25.2 Å². The number of nitrogens with one attached hydrogen (secondary N) is 1. The van der Waals surface area contributed by atoms with Gasteiger partial charge in [-0.25, -0.2) is 4.68 Å². The predicted molar refractivity (Wildman–Crippen MR) is 72.3 cm³/mol. The summed E-state index contributed by atoms with van der Waals surface area (Å²) in [6.07, 6.45) is 3.38. The van der Waals surface area contributed by atoms with Crippen molar-refractivity contribution in [2.24, 2.45) is 0 Å². The maximum Gasteiger partial charge on any atom is 0.374 e. The van der Waals surface area contributed by atoms with Crippen LogP contribution in [0.1, 0.15) is 50.5 Å². The van der Waals surface area contributed by atoms with E-state index in [0.717, 1.165) is 23.0 Å². The zero-order chi connectivity index (χ0) is 15.0. The number of rotatable bonds is 5. The topological polar surface area (TPSA) is 93.0 Å². The number of tetrazole rings is 1. The first-order chi connectivity index (χ1) is 9.95. The van der Waals surface area contributed by atoms with Gasteiger partial charge in [-0.1, -0.05) is 3.89 Å². The average molecular weight is 318 g/mol. The molecular formula is C11H19FN6O2S. The largest absolute Gasteiger partial charge is 0.374 e. The maximum absolute atomic E-state index is 12.9. The molecule has 21 heavy (non-hydrogen) atoms. The normalized spacial score (nSPS) is 23.3. The van der Waals surface area contributed by atoms with E-state index in [4.69, 9.17) is 0 Å². The maximum atomic E-state index is 12.9. The molecule has 1 unspecified atom stereocenters. The Kier molecular flexibility index (Phi) is 3.93. The highest BCUT2D eigenvalue weighted by Gasteiger charge is 2.32. The molecule has 0 aromatic carbocycles. The van der Waals surface area contributed by atoms with Crippen LogP contribution in [0.4, 0.5) is 3.89 Å². The van der Waals surface area contributed by atoms with Gasteiger partial charge in [0.2, 0.25) is 0 Å². The Bertz CT molecular complexity index is 594. The molecular weight excluding hydrogens is 299 g/mol. The highest BCUT2D eigenvalue weighted by Crippen LogP contribution is 2.35. The number of nitrogens with zero attached hydrogens (tertiary/aromatic N) is 5. The molecule has 1 aliphatic heterocycles. The Balaban J connectivity index is 1.56. The van der Waals surface area contributed by atoms with Crippen molar-refractivity contribution in [1.29, 1.82) is 0 Å². The molecule has 1 saturated carbocycles. The SMILES string of the molecule is CC(NC1CCN(S(=O)(=O)F)CC1)c1nnnn1C1CC1. The van der Waals surface area contributed by atoms with Gasteiger partial charge in [0, 0.05) is 19.1 Å². The summed E-state index contributed by atoms with van der Waals surface area (Å²) in [5.41, 5.74) is 0. The molecule has 1 aromatic rings. The van der Waals surface area contributed by atoms with Crippen LogP contribution in [-0.2, 0) is 10.4 Å².